The second-order valence-corrected chi connectivity index (χ2v) is 5.93. The van der Waals surface area contributed by atoms with Crippen molar-refractivity contribution in [3.8, 4) is 9.75 Å². The summed E-state index contributed by atoms with van der Waals surface area (Å²) in [4.78, 5) is 3.03. The molecule has 16 heavy (non-hydrogen) atoms. The molecule has 0 bridgehead atoms. The maximum Gasteiger partial charge on any atom is 0.0477 e. The van der Waals surface area contributed by atoms with Gasteiger partial charge in [0.1, 0.15) is 0 Å². The third-order valence-corrected chi connectivity index (χ3v) is 5.10. The van der Waals surface area contributed by atoms with Crippen molar-refractivity contribution in [3.05, 3.63) is 46.2 Å². The number of thiophene rings is 2. The number of rotatable bonds is 0. The lowest BCUT2D eigenvalue weighted by atomic mass is 10.0. The molecule has 2 heterocycles. The van der Waals surface area contributed by atoms with E-state index in [1.807, 2.05) is 22.7 Å². The average Bonchev–Trinajstić information content (AvgIpc) is 2.92. The molecule has 0 aliphatic heterocycles. The molecule has 2 heteroatoms. The molecule has 0 N–H and O–H groups in total. The molecule has 3 rings (SSSR count). The Hall–Kier alpha value is -0.860. The standard InChI is InChI=1S/C14H14S2/c1-2-4-6-12-8-10-16-14(12)13-11(5-3-1)7-9-15-13/h1-2,7-10H,3-6H2/b2-1+. The van der Waals surface area contributed by atoms with Crippen LogP contribution in [0.15, 0.2) is 35.0 Å². The summed E-state index contributed by atoms with van der Waals surface area (Å²) in [5.74, 6) is 0. The highest BCUT2D eigenvalue weighted by atomic mass is 32.1. The fourth-order valence-corrected chi connectivity index (χ4v) is 4.32. The number of fused-ring (bicyclic) bond motifs is 3. The molecule has 0 unspecified atom stereocenters. The Kier molecular flexibility index (Phi) is 2.94. The minimum atomic E-state index is 1.18. The van der Waals surface area contributed by atoms with Gasteiger partial charge in [0.05, 0.1) is 0 Å². The van der Waals surface area contributed by atoms with Crippen LogP contribution >= 0.6 is 22.7 Å². The molecule has 0 aromatic carbocycles. The Morgan fingerprint density at radius 3 is 1.75 bits per heavy atom. The Morgan fingerprint density at radius 1 is 0.750 bits per heavy atom. The first-order chi connectivity index (χ1) is 7.95. The maximum atomic E-state index is 2.33. The highest BCUT2D eigenvalue weighted by Crippen LogP contribution is 2.37. The van der Waals surface area contributed by atoms with E-state index in [-0.39, 0.29) is 0 Å². The van der Waals surface area contributed by atoms with Crippen LogP contribution in [0.3, 0.4) is 0 Å². The van der Waals surface area contributed by atoms with Gasteiger partial charge in [-0.3, -0.25) is 0 Å². The SMILES string of the molecule is C1=C/CCc2ccsc2-c2sccc2CC/1. The summed E-state index contributed by atoms with van der Waals surface area (Å²) >= 11 is 3.80. The van der Waals surface area contributed by atoms with Crippen molar-refractivity contribution in [3.63, 3.8) is 0 Å². The highest BCUT2D eigenvalue weighted by Gasteiger charge is 2.12. The summed E-state index contributed by atoms with van der Waals surface area (Å²) < 4.78 is 0. The molecule has 0 spiro atoms. The van der Waals surface area contributed by atoms with Crippen molar-refractivity contribution in [1.29, 1.82) is 0 Å². The van der Waals surface area contributed by atoms with Crippen molar-refractivity contribution in [2.75, 3.05) is 0 Å². The smallest absolute Gasteiger partial charge is 0.0477 e. The van der Waals surface area contributed by atoms with Gasteiger partial charge in [-0.2, -0.15) is 0 Å². The Labute approximate surface area is 104 Å². The minimum Gasteiger partial charge on any atom is -0.143 e. The molecule has 0 saturated heterocycles. The molecule has 1 aliphatic rings. The van der Waals surface area contributed by atoms with E-state index in [4.69, 9.17) is 0 Å². The third-order valence-electron chi connectivity index (χ3n) is 3.03. The monoisotopic (exact) mass is 246 g/mol. The summed E-state index contributed by atoms with van der Waals surface area (Å²) in [6, 6.07) is 4.58. The largest absolute Gasteiger partial charge is 0.143 e. The molecule has 82 valence electrons. The molecule has 0 saturated carbocycles. The van der Waals surface area contributed by atoms with Crippen LogP contribution in [0, 0.1) is 0 Å². The molecule has 0 radical (unpaired) electrons. The molecule has 1 aliphatic carbocycles. The van der Waals surface area contributed by atoms with Crippen LogP contribution < -0.4 is 0 Å². The van der Waals surface area contributed by atoms with E-state index in [0.29, 0.717) is 0 Å². The normalized spacial score (nSPS) is 17.5. The Bertz CT molecular complexity index is 456. The summed E-state index contributed by atoms with van der Waals surface area (Å²) in [5, 5.41) is 4.46. The van der Waals surface area contributed by atoms with E-state index in [1.54, 1.807) is 0 Å². The third kappa shape index (κ3) is 1.87. The number of hydrogen-bond donors (Lipinski definition) is 0. The molecule has 2 aromatic heterocycles. The molecule has 0 atom stereocenters. The number of hydrogen-bond acceptors (Lipinski definition) is 2. The van der Waals surface area contributed by atoms with E-state index >= 15 is 0 Å². The molecule has 0 amide bonds. The van der Waals surface area contributed by atoms with Crippen LogP contribution in [0.2, 0.25) is 0 Å². The van der Waals surface area contributed by atoms with E-state index in [0.717, 1.165) is 0 Å². The van der Waals surface area contributed by atoms with Gasteiger partial charge in [0.2, 0.25) is 0 Å². The van der Waals surface area contributed by atoms with E-state index in [2.05, 4.69) is 35.0 Å². The van der Waals surface area contributed by atoms with Crippen molar-refractivity contribution >= 4 is 22.7 Å². The van der Waals surface area contributed by atoms with Gasteiger partial charge >= 0.3 is 0 Å². The van der Waals surface area contributed by atoms with Crippen LogP contribution in [0.1, 0.15) is 24.0 Å². The zero-order valence-electron chi connectivity index (χ0n) is 9.11. The summed E-state index contributed by atoms with van der Waals surface area (Å²) in [6.45, 7) is 0. The summed E-state index contributed by atoms with van der Waals surface area (Å²) in [5.41, 5.74) is 3.06. The van der Waals surface area contributed by atoms with Gasteiger partial charge in [-0.05, 0) is 59.7 Å². The van der Waals surface area contributed by atoms with Crippen LogP contribution in [-0.4, -0.2) is 0 Å². The minimum absolute atomic E-state index is 1.18. The number of allylic oxidation sites excluding steroid dienone is 2. The van der Waals surface area contributed by atoms with Gasteiger partial charge < -0.3 is 0 Å². The van der Waals surface area contributed by atoms with Crippen LogP contribution in [0.5, 0.6) is 0 Å². The fraction of sp³-hybridized carbons (Fsp3) is 0.286. The number of aryl methyl sites for hydroxylation is 2. The van der Waals surface area contributed by atoms with Gasteiger partial charge in [0.25, 0.3) is 0 Å². The van der Waals surface area contributed by atoms with Gasteiger partial charge in [-0.1, -0.05) is 12.2 Å². The molecule has 2 aromatic rings. The maximum absolute atomic E-state index is 2.33. The summed E-state index contributed by atoms with van der Waals surface area (Å²) in [7, 11) is 0. The van der Waals surface area contributed by atoms with Gasteiger partial charge in [-0.25, -0.2) is 0 Å². The van der Waals surface area contributed by atoms with Crippen LogP contribution in [0.4, 0.5) is 0 Å². The van der Waals surface area contributed by atoms with E-state index in [1.165, 1.54) is 46.6 Å². The topological polar surface area (TPSA) is 0 Å². The first-order valence-corrected chi connectivity index (χ1v) is 7.49. The van der Waals surface area contributed by atoms with Crippen molar-refractivity contribution in [2.24, 2.45) is 0 Å². The lowest BCUT2D eigenvalue weighted by Crippen LogP contribution is -1.89. The lowest BCUT2D eigenvalue weighted by molar-refractivity contribution is 0.960. The van der Waals surface area contributed by atoms with Gasteiger partial charge in [0.15, 0.2) is 0 Å². The second kappa shape index (κ2) is 4.56. The van der Waals surface area contributed by atoms with Gasteiger partial charge in [0, 0.05) is 9.75 Å². The fourth-order valence-electron chi connectivity index (χ4n) is 2.18. The Balaban J connectivity index is 2.10. The van der Waals surface area contributed by atoms with Crippen LogP contribution in [-0.2, 0) is 12.8 Å². The average molecular weight is 246 g/mol. The first-order valence-electron chi connectivity index (χ1n) is 5.73. The lowest BCUT2D eigenvalue weighted by Gasteiger charge is -2.06. The highest BCUT2D eigenvalue weighted by molar-refractivity contribution is 7.20. The van der Waals surface area contributed by atoms with Gasteiger partial charge in [-0.15, -0.1) is 22.7 Å². The van der Waals surface area contributed by atoms with E-state index in [9.17, 15) is 0 Å². The second-order valence-electron chi connectivity index (χ2n) is 4.10. The predicted molar refractivity (Wildman–Crippen MR) is 73.4 cm³/mol. The Morgan fingerprint density at radius 2 is 1.25 bits per heavy atom. The van der Waals surface area contributed by atoms with Crippen molar-refractivity contribution < 1.29 is 0 Å². The quantitative estimate of drug-likeness (QED) is 0.579. The molecule has 0 fully saturated rings. The molecule has 0 nitrogen and oxygen atoms in total. The van der Waals surface area contributed by atoms with Crippen molar-refractivity contribution in [2.45, 2.75) is 25.7 Å². The van der Waals surface area contributed by atoms with Crippen molar-refractivity contribution in [1.82, 2.24) is 0 Å². The van der Waals surface area contributed by atoms with E-state index < -0.39 is 0 Å². The van der Waals surface area contributed by atoms with Crippen LogP contribution in [0.25, 0.3) is 9.75 Å². The molecular weight excluding hydrogens is 232 g/mol. The predicted octanol–water partition coefficient (Wildman–Crippen LogP) is 4.91. The first kappa shape index (κ1) is 10.3. The zero-order chi connectivity index (χ0) is 10.8. The summed E-state index contributed by atoms with van der Waals surface area (Å²) in [6.07, 6.45) is 9.41. The molecular formula is C14H14S2. The zero-order valence-corrected chi connectivity index (χ0v) is 10.7.